The molecule has 6 nitrogen and oxygen atoms in total. The number of hydrogen-bond acceptors (Lipinski definition) is 6. The lowest BCUT2D eigenvalue weighted by Crippen LogP contribution is -2.24. The molecule has 0 saturated carbocycles. The average molecular weight is 254 g/mol. The van der Waals surface area contributed by atoms with Gasteiger partial charge in [0, 0.05) is 6.54 Å². The Hall–Kier alpha value is -1.59. The Balaban J connectivity index is 2.90. The standard InChI is InChI=1S/C12H22N4O2/c1-6-8-13-9-14-10(17-7-2)16-11(15-9)18-12(3,4)5/h6-8H2,1-5H3,(H,13,14,15,16). The summed E-state index contributed by atoms with van der Waals surface area (Å²) in [6, 6.07) is 0.560. The van der Waals surface area contributed by atoms with Crippen LogP contribution in [0.15, 0.2) is 0 Å². The predicted molar refractivity (Wildman–Crippen MR) is 70.2 cm³/mol. The molecule has 1 rings (SSSR count). The number of aromatic nitrogens is 3. The van der Waals surface area contributed by atoms with Gasteiger partial charge >= 0.3 is 12.0 Å². The molecule has 0 saturated heterocycles. The minimum Gasteiger partial charge on any atom is -0.464 e. The van der Waals surface area contributed by atoms with Crippen LogP contribution in [0.25, 0.3) is 0 Å². The maximum atomic E-state index is 5.63. The number of anilines is 1. The van der Waals surface area contributed by atoms with E-state index in [2.05, 4.69) is 27.2 Å². The van der Waals surface area contributed by atoms with Crippen LogP contribution in [0.2, 0.25) is 0 Å². The Morgan fingerprint density at radius 1 is 1.06 bits per heavy atom. The highest BCUT2D eigenvalue weighted by atomic mass is 16.5. The fourth-order valence-corrected chi connectivity index (χ4v) is 1.17. The first-order chi connectivity index (χ1) is 8.44. The van der Waals surface area contributed by atoms with Crippen molar-refractivity contribution >= 4 is 5.95 Å². The summed E-state index contributed by atoms with van der Waals surface area (Å²) in [7, 11) is 0. The van der Waals surface area contributed by atoms with Crippen molar-refractivity contribution in [2.24, 2.45) is 0 Å². The molecular formula is C12H22N4O2. The molecule has 0 aliphatic rings. The second-order valence-corrected chi connectivity index (χ2v) is 4.80. The molecule has 6 heteroatoms. The Morgan fingerprint density at radius 2 is 1.72 bits per heavy atom. The predicted octanol–water partition coefficient (Wildman–Crippen LogP) is 2.27. The smallest absolute Gasteiger partial charge is 0.324 e. The molecule has 0 unspecified atom stereocenters. The second kappa shape index (κ2) is 6.37. The van der Waals surface area contributed by atoms with Crippen LogP contribution < -0.4 is 14.8 Å². The van der Waals surface area contributed by atoms with Crippen LogP contribution in [-0.4, -0.2) is 33.7 Å². The van der Waals surface area contributed by atoms with Crippen molar-refractivity contribution in [3.63, 3.8) is 0 Å². The van der Waals surface area contributed by atoms with E-state index in [1.807, 2.05) is 27.7 Å². The number of nitrogens with zero attached hydrogens (tertiary/aromatic N) is 3. The summed E-state index contributed by atoms with van der Waals surface area (Å²) in [6.07, 6.45) is 0.991. The van der Waals surface area contributed by atoms with Crippen LogP contribution in [0.4, 0.5) is 5.95 Å². The third-order valence-corrected chi connectivity index (χ3v) is 1.80. The summed E-state index contributed by atoms with van der Waals surface area (Å²) >= 11 is 0. The van der Waals surface area contributed by atoms with Crippen molar-refractivity contribution in [3.05, 3.63) is 0 Å². The summed E-state index contributed by atoms with van der Waals surface area (Å²) in [5, 5.41) is 3.10. The van der Waals surface area contributed by atoms with E-state index >= 15 is 0 Å². The van der Waals surface area contributed by atoms with E-state index in [4.69, 9.17) is 9.47 Å². The van der Waals surface area contributed by atoms with E-state index in [1.165, 1.54) is 0 Å². The molecule has 0 radical (unpaired) electrons. The van der Waals surface area contributed by atoms with Crippen LogP contribution in [0.3, 0.4) is 0 Å². The van der Waals surface area contributed by atoms with Crippen molar-refractivity contribution in [3.8, 4) is 12.0 Å². The maximum Gasteiger partial charge on any atom is 0.324 e. The van der Waals surface area contributed by atoms with Gasteiger partial charge in [-0.2, -0.15) is 9.97 Å². The van der Waals surface area contributed by atoms with E-state index in [-0.39, 0.29) is 17.6 Å². The number of hydrogen-bond donors (Lipinski definition) is 1. The highest BCUT2D eigenvalue weighted by Crippen LogP contribution is 2.17. The van der Waals surface area contributed by atoms with Crippen molar-refractivity contribution < 1.29 is 9.47 Å². The van der Waals surface area contributed by atoms with Crippen LogP contribution in [-0.2, 0) is 0 Å². The largest absolute Gasteiger partial charge is 0.464 e. The molecule has 1 heterocycles. The Labute approximate surface area is 108 Å². The monoisotopic (exact) mass is 254 g/mol. The molecule has 0 aliphatic heterocycles. The molecule has 1 aromatic rings. The first-order valence-corrected chi connectivity index (χ1v) is 6.26. The number of ether oxygens (including phenoxy) is 2. The lowest BCUT2D eigenvalue weighted by atomic mass is 10.2. The highest BCUT2D eigenvalue weighted by Gasteiger charge is 2.16. The van der Waals surface area contributed by atoms with Crippen LogP contribution >= 0.6 is 0 Å². The number of rotatable bonds is 6. The quantitative estimate of drug-likeness (QED) is 0.839. The summed E-state index contributed by atoms with van der Waals surface area (Å²) in [6.45, 7) is 11.1. The molecule has 0 amide bonds. The zero-order valence-electron chi connectivity index (χ0n) is 11.8. The molecule has 0 aromatic carbocycles. The molecule has 18 heavy (non-hydrogen) atoms. The van der Waals surface area contributed by atoms with Gasteiger partial charge in [0.15, 0.2) is 0 Å². The number of nitrogens with one attached hydrogen (secondary N) is 1. The van der Waals surface area contributed by atoms with Crippen LogP contribution in [0.5, 0.6) is 12.0 Å². The van der Waals surface area contributed by atoms with Crippen LogP contribution in [0.1, 0.15) is 41.0 Å². The molecule has 1 aromatic heterocycles. The normalized spacial score (nSPS) is 11.2. The van der Waals surface area contributed by atoms with E-state index in [0.717, 1.165) is 13.0 Å². The van der Waals surface area contributed by atoms with E-state index < -0.39 is 0 Å². The lowest BCUT2D eigenvalue weighted by Gasteiger charge is -2.19. The molecular weight excluding hydrogens is 232 g/mol. The van der Waals surface area contributed by atoms with Gasteiger partial charge in [-0.25, -0.2) is 0 Å². The fourth-order valence-electron chi connectivity index (χ4n) is 1.17. The topological polar surface area (TPSA) is 69.2 Å². The van der Waals surface area contributed by atoms with Gasteiger partial charge in [0.05, 0.1) is 6.61 Å². The van der Waals surface area contributed by atoms with E-state index in [0.29, 0.717) is 12.6 Å². The molecule has 102 valence electrons. The summed E-state index contributed by atoms with van der Waals surface area (Å²) in [4.78, 5) is 12.5. The third-order valence-electron chi connectivity index (χ3n) is 1.80. The molecule has 0 bridgehead atoms. The zero-order chi connectivity index (χ0) is 13.6. The molecule has 0 aliphatic carbocycles. The van der Waals surface area contributed by atoms with Crippen LogP contribution in [0, 0.1) is 0 Å². The van der Waals surface area contributed by atoms with Gasteiger partial charge in [0.2, 0.25) is 5.95 Å². The van der Waals surface area contributed by atoms with E-state index in [9.17, 15) is 0 Å². The minimum atomic E-state index is -0.354. The fraction of sp³-hybridized carbons (Fsp3) is 0.750. The molecule has 0 spiro atoms. The Kier molecular flexibility index (Phi) is 5.12. The summed E-state index contributed by atoms with van der Waals surface area (Å²) < 4.78 is 10.9. The average Bonchev–Trinajstić information content (AvgIpc) is 2.24. The first kappa shape index (κ1) is 14.5. The minimum absolute atomic E-state index is 0.277. The lowest BCUT2D eigenvalue weighted by molar-refractivity contribution is 0.114. The van der Waals surface area contributed by atoms with Gasteiger partial charge in [0.25, 0.3) is 0 Å². The van der Waals surface area contributed by atoms with Gasteiger partial charge in [-0.05, 0) is 34.1 Å². The van der Waals surface area contributed by atoms with Gasteiger partial charge in [-0.15, -0.1) is 4.98 Å². The van der Waals surface area contributed by atoms with Gasteiger partial charge < -0.3 is 14.8 Å². The van der Waals surface area contributed by atoms with Crippen molar-refractivity contribution in [2.75, 3.05) is 18.5 Å². The maximum absolute atomic E-state index is 5.63. The molecule has 0 atom stereocenters. The SMILES string of the molecule is CCCNc1nc(OCC)nc(OC(C)(C)C)n1. The van der Waals surface area contributed by atoms with Crippen molar-refractivity contribution in [1.82, 2.24) is 15.0 Å². The highest BCUT2D eigenvalue weighted by molar-refractivity contribution is 5.27. The second-order valence-electron chi connectivity index (χ2n) is 4.80. The molecule has 1 N–H and O–H groups in total. The van der Waals surface area contributed by atoms with E-state index in [1.54, 1.807) is 0 Å². The summed E-state index contributed by atoms with van der Waals surface area (Å²) in [5.74, 6) is 0.481. The van der Waals surface area contributed by atoms with Gasteiger partial charge in [0.1, 0.15) is 5.60 Å². The van der Waals surface area contributed by atoms with Crippen molar-refractivity contribution in [1.29, 1.82) is 0 Å². The van der Waals surface area contributed by atoms with Gasteiger partial charge in [-0.3, -0.25) is 0 Å². The zero-order valence-corrected chi connectivity index (χ0v) is 11.8. The Morgan fingerprint density at radius 3 is 2.28 bits per heavy atom. The van der Waals surface area contributed by atoms with Crippen molar-refractivity contribution in [2.45, 2.75) is 46.6 Å². The first-order valence-electron chi connectivity index (χ1n) is 6.26. The Bertz CT molecular complexity index is 377. The summed E-state index contributed by atoms with van der Waals surface area (Å²) in [5.41, 5.74) is -0.354. The van der Waals surface area contributed by atoms with Gasteiger partial charge in [-0.1, -0.05) is 6.92 Å². The third kappa shape index (κ3) is 5.16. The molecule has 0 fully saturated rings.